The minimum absolute atomic E-state index is 0.0509. The van der Waals surface area contributed by atoms with Crippen LogP contribution in [0.2, 0.25) is 0 Å². The lowest BCUT2D eigenvalue weighted by atomic mass is 9.77. The van der Waals surface area contributed by atoms with Gasteiger partial charge in [-0.1, -0.05) is 0 Å². The third-order valence-electron chi connectivity index (χ3n) is 11.6. The van der Waals surface area contributed by atoms with E-state index in [2.05, 4.69) is 14.7 Å². The van der Waals surface area contributed by atoms with Gasteiger partial charge in [0.25, 0.3) is 0 Å². The largest absolute Gasteiger partial charge is 0.478 e. The number of hydrogen-bond donors (Lipinski definition) is 1. The number of rotatable bonds is 7. The molecule has 2 aliphatic rings. The van der Waals surface area contributed by atoms with Crippen LogP contribution in [0.5, 0.6) is 0 Å². The molecule has 2 fully saturated rings. The summed E-state index contributed by atoms with van der Waals surface area (Å²) in [7, 11) is 0. The van der Waals surface area contributed by atoms with Gasteiger partial charge in [-0.05, 0) is 91.6 Å². The van der Waals surface area contributed by atoms with E-state index in [4.69, 9.17) is 5.11 Å². The van der Waals surface area contributed by atoms with Crippen LogP contribution >= 0.6 is 0 Å². The average Bonchev–Trinajstić information content (AvgIpc) is 3.93. The Kier molecular flexibility index (Phi) is 15.3. The molecule has 8 nitrogen and oxygen atoms in total. The fourth-order valence-corrected chi connectivity index (χ4v) is 7.96. The molecule has 0 radical (unpaired) electrons. The van der Waals surface area contributed by atoms with Gasteiger partial charge >= 0.3 is 61.3 Å². The fourth-order valence-electron chi connectivity index (χ4n) is 7.96. The predicted octanol–water partition coefficient (Wildman–Crippen LogP) is 13.6. The van der Waals surface area contributed by atoms with Crippen molar-refractivity contribution in [3.8, 4) is 0 Å². The lowest BCUT2D eigenvalue weighted by Gasteiger charge is -2.33. The van der Waals surface area contributed by atoms with Crippen LogP contribution in [0.1, 0.15) is 85.2 Å². The van der Waals surface area contributed by atoms with Gasteiger partial charge in [0.2, 0.25) is 0 Å². The zero-order valence-corrected chi connectivity index (χ0v) is 36.3. The molecule has 2 aromatic heterocycles. The molecule has 2 aliphatic heterocycles. The fraction of sp³-hybridized carbons (Fsp3) is 0.429. The number of anilines is 2. The molecule has 6 rings (SSSR count). The van der Waals surface area contributed by atoms with Crippen molar-refractivity contribution >= 4 is 23.6 Å². The molecule has 32 heteroatoms. The number of carboxylic acid groups (broad SMARTS) is 1. The second-order valence-electron chi connectivity index (χ2n) is 16.2. The Balaban J connectivity index is 0.000000274. The van der Waals surface area contributed by atoms with E-state index in [1.54, 1.807) is 0 Å². The first kappa shape index (κ1) is 58.5. The molecule has 2 atom stereocenters. The summed E-state index contributed by atoms with van der Waals surface area (Å²) in [6.07, 6.45) is -45.3. The maximum atomic E-state index is 14.3. The monoisotopic (exact) mass is 1110 g/mol. The van der Waals surface area contributed by atoms with E-state index >= 15 is 0 Å². The zero-order chi connectivity index (χ0) is 56.4. The molecule has 0 bridgehead atoms. The number of aromatic nitrogens is 2. The highest BCUT2D eigenvalue weighted by atomic mass is 19.4. The molecule has 4 heterocycles. The van der Waals surface area contributed by atoms with E-state index in [-0.39, 0.29) is 43.0 Å². The van der Waals surface area contributed by atoms with Crippen molar-refractivity contribution in [2.24, 2.45) is 0 Å². The van der Waals surface area contributed by atoms with Crippen molar-refractivity contribution in [3.63, 3.8) is 0 Å². The van der Waals surface area contributed by atoms with Gasteiger partial charge in [-0.15, -0.1) is 0 Å². The number of carboxylic acids is 1. The molecule has 0 amide bonds. The van der Waals surface area contributed by atoms with E-state index in [1.165, 1.54) is 6.92 Å². The topological polar surface area (TPSA) is 95.9 Å². The SMILES string of the molecule is CCOC(=O)c1ccc(N2CCC(c3cc(C(F)(F)F)cc(C(F)(F)F)c3)(C(F)(F)F)C2)nc1C(F)(F)F.O=C(O)c1ccc(N2CCC(c3cc(C(F)(F)F)cc(C(F)(F)F)c3)(C(F)(F)F)C2)nc1C(F)(F)F. The summed E-state index contributed by atoms with van der Waals surface area (Å²) >= 11 is 0. The van der Waals surface area contributed by atoms with Crippen molar-refractivity contribution < 1.29 is 125 Å². The van der Waals surface area contributed by atoms with Crippen LogP contribution in [-0.4, -0.2) is 72.2 Å². The van der Waals surface area contributed by atoms with Crippen LogP contribution in [0.3, 0.4) is 0 Å². The van der Waals surface area contributed by atoms with Crippen LogP contribution in [0.25, 0.3) is 0 Å². The molecule has 0 saturated carbocycles. The van der Waals surface area contributed by atoms with Crippen molar-refractivity contribution in [1.29, 1.82) is 0 Å². The maximum absolute atomic E-state index is 14.3. The van der Waals surface area contributed by atoms with Crippen molar-refractivity contribution in [2.45, 2.75) is 80.0 Å². The van der Waals surface area contributed by atoms with Crippen LogP contribution in [-0.2, 0) is 52.6 Å². The van der Waals surface area contributed by atoms with Gasteiger partial charge in [-0.25, -0.2) is 19.6 Å². The number of hydrogen-bond acceptors (Lipinski definition) is 7. The molecule has 1 N–H and O–H groups in total. The van der Waals surface area contributed by atoms with Crippen LogP contribution in [0.15, 0.2) is 60.7 Å². The van der Waals surface area contributed by atoms with Gasteiger partial charge in [0.05, 0.1) is 40.0 Å². The number of carbonyl (C=O) groups is 2. The van der Waals surface area contributed by atoms with Gasteiger partial charge in [0, 0.05) is 26.2 Å². The van der Waals surface area contributed by atoms with E-state index in [1.807, 2.05) is 0 Å². The molecule has 2 aromatic carbocycles. The van der Waals surface area contributed by atoms with E-state index in [0.717, 1.165) is 6.07 Å². The van der Waals surface area contributed by atoms with Gasteiger partial charge < -0.3 is 19.6 Å². The van der Waals surface area contributed by atoms with Gasteiger partial charge in [0.1, 0.15) is 22.5 Å². The van der Waals surface area contributed by atoms with Crippen molar-refractivity contribution in [1.82, 2.24) is 9.97 Å². The normalized spacial score (nSPS) is 19.4. The summed E-state index contributed by atoms with van der Waals surface area (Å²) in [5, 5.41) is 8.92. The number of halogens is 24. The average molecular weight is 1110 g/mol. The van der Waals surface area contributed by atoms with Crippen LogP contribution < -0.4 is 9.80 Å². The molecular weight excluding hydrogens is 1080 g/mol. The van der Waals surface area contributed by atoms with Gasteiger partial charge in [-0.2, -0.15) is 105 Å². The molecule has 408 valence electrons. The summed E-state index contributed by atoms with van der Waals surface area (Å²) in [5.74, 6) is -4.95. The first-order chi connectivity index (χ1) is 33.4. The smallest absolute Gasteiger partial charge is 0.434 e. The van der Waals surface area contributed by atoms with E-state index < -0.39 is 179 Å². The Morgan fingerprint density at radius 2 is 0.811 bits per heavy atom. The summed E-state index contributed by atoms with van der Waals surface area (Å²) in [6.45, 7) is -3.17. The third kappa shape index (κ3) is 12.1. The number of carbonyl (C=O) groups excluding carboxylic acids is 1. The minimum atomic E-state index is -5.43. The first-order valence-corrected chi connectivity index (χ1v) is 20.2. The summed E-state index contributed by atoms with van der Waals surface area (Å²) in [5.41, 5.74) is -23.3. The molecule has 74 heavy (non-hydrogen) atoms. The van der Waals surface area contributed by atoms with Crippen LogP contribution in [0.4, 0.5) is 117 Å². The highest BCUT2D eigenvalue weighted by Gasteiger charge is 2.62. The molecular formula is C42H28F24N4O4. The molecule has 2 unspecified atom stereocenters. The first-order valence-electron chi connectivity index (χ1n) is 20.2. The van der Waals surface area contributed by atoms with Crippen molar-refractivity contribution in [2.75, 3.05) is 42.6 Å². The van der Waals surface area contributed by atoms with E-state index in [0.29, 0.717) is 28.0 Å². The van der Waals surface area contributed by atoms with E-state index in [9.17, 15) is 115 Å². The number of aromatic carboxylic acids is 1. The number of benzene rings is 2. The standard InChI is InChI=1S/C22H16F12N2O2.C20H12F12N2O2/c1-2-38-17(37)14-3-4-15(35-16(14)21(29,30)31)36-6-5-18(10-36,22(32,33)34)11-7-12(19(23,24)25)9-13(8-11)20(26,27)28;21-17(22,23)10-5-9(6-11(7-10)18(24,25)26)16(20(30,31)32)3-4-34(8-16)13-2-1-12(15(35)36)14(33-13)19(27,28)29/h3-4,7-9H,2,5-6,10H2,1H3;1-2,5-7H,3-4,8H2,(H,35,36). The molecule has 2 saturated heterocycles. The van der Waals surface area contributed by atoms with Crippen molar-refractivity contribution in [3.05, 3.63) is 117 Å². The number of ether oxygens (including phenoxy) is 1. The summed E-state index contributed by atoms with van der Waals surface area (Å²) in [4.78, 5) is 30.5. The van der Waals surface area contributed by atoms with Crippen LogP contribution in [0, 0.1) is 0 Å². The number of nitrogens with zero attached hydrogens (tertiary/aromatic N) is 4. The number of esters is 1. The number of pyridine rings is 2. The zero-order valence-electron chi connectivity index (χ0n) is 36.3. The Morgan fingerprint density at radius 1 is 0.500 bits per heavy atom. The van der Waals surface area contributed by atoms with Gasteiger partial charge in [0.15, 0.2) is 11.4 Å². The Labute approximate surface area is 397 Å². The van der Waals surface area contributed by atoms with Gasteiger partial charge in [-0.3, -0.25) is 0 Å². The number of alkyl halides is 24. The second kappa shape index (κ2) is 19.4. The quantitative estimate of drug-likeness (QED) is 0.144. The molecule has 0 aliphatic carbocycles. The third-order valence-corrected chi connectivity index (χ3v) is 11.6. The highest BCUT2D eigenvalue weighted by molar-refractivity contribution is 5.91. The second-order valence-corrected chi connectivity index (χ2v) is 16.2. The molecule has 0 spiro atoms. The Morgan fingerprint density at radius 3 is 1.08 bits per heavy atom. The Hall–Kier alpha value is -6.40. The minimum Gasteiger partial charge on any atom is -0.478 e. The maximum Gasteiger partial charge on any atom is 0.434 e. The summed E-state index contributed by atoms with van der Waals surface area (Å²) in [6, 6.07) is 1.57. The Bertz CT molecular complexity index is 2670. The molecule has 4 aromatic rings. The lowest BCUT2D eigenvalue weighted by Crippen LogP contribution is -2.45. The predicted molar refractivity (Wildman–Crippen MR) is 203 cm³/mol. The lowest BCUT2D eigenvalue weighted by molar-refractivity contribution is -0.185. The summed E-state index contributed by atoms with van der Waals surface area (Å²) < 4.78 is 330. The highest BCUT2D eigenvalue weighted by Crippen LogP contribution is 2.53.